The summed E-state index contributed by atoms with van der Waals surface area (Å²) in [5.74, 6) is 0.572. The Labute approximate surface area is 130 Å². The molecule has 1 N–H and O–H groups in total. The molecular weight excluding hydrogens is 286 g/mol. The third-order valence-corrected chi connectivity index (χ3v) is 3.65. The molecule has 2 aromatic carbocycles. The first-order chi connectivity index (χ1) is 10.1. The van der Waals surface area contributed by atoms with Crippen molar-refractivity contribution in [3.8, 4) is 5.75 Å². The summed E-state index contributed by atoms with van der Waals surface area (Å²) in [5, 5.41) is 5.44. The zero-order valence-corrected chi connectivity index (χ0v) is 13.1. The van der Waals surface area contributed by atoms with Gasteiger partial charge in [0.15, 0.2) is 6.61 Å². The molecule has 112 valence electrons. The molecule has 4 heteroatoms. The summed E-state index contributed by atoms with van der Waals surface area (Å²) < 4.78 is 5.64. The van der Waals surface area contributed by atoms with Gasteiger partial charge in [0.1, 0.15) is 5.75 Å². The van der Waals surface area contributed by atoms with Crippen LogP contribution in [0.5, 0.6) is 5.75 Å². The molecule has 1 atom stereocenters. The number of amides is 1. The van der Waals surface area contributed by atoms with Crippen LogP contribution in [0, 0.1) is 0 Å². The van der Waals surface area contributed by atoms with Crippen molar-refractivity contribution in [1.29, 1.82) is 0 Å². The van der Waals surface area contributed by atoms with E-state index >= 15 is 0 Å². The van der Waals surface area contributed by atoms with Gasteiger partial charge in [0.25, 0.3) is 5.91 Å². The molecule has 0 aromatic heterocycles. The van der Waals surface area contributed by atoms with Crippen LogP contribution < -0.4 is 10.1 Å². The van der Waals surface area contributed by atoms with Crippen LogP contribution in [0.25, 0.3) is 10.8 Å². The first-order valence-corrected chi connectivity index (χ1v) is 7.59. The third-order valence-electron chi connectivity index (χ3n) is 3.32. The summed E-state index contributed by atoms with van der Waals surface area (Å²) in [6, 6.07) is 11.5. The van der Waals surface area contributed by atoms with Crippen LogP contribution in [0.3, 0.4) is 0 Å². The summed E-state index contributed by atoms with van der Waals surface area (Å²) in [5.41, 5.74) is 0. The van der Waals surface area contributed by atoms with Gasteiger partial charge < -0.3 is 10.1 Å². The predicted octanol–water partition coefficient (Wildman–Crippen LogP) is 4.18. The first-order valence-electron chi connectivity index (χ1n) is 7.21. The number of hydrogen-bond acceptors (Lipinski definition) is 2. The Morgan fingerprint density at radius 3 is 2.67 bits per heavy atom. The van der Waals surface area contributed by atoms with Crippen molar-refractivity contribution in [2.45, 2.75) is 32.7 Å². The number of hydrogen-bond donors (Lipinski definition) is 1. The maximum atomic E-state index is 11.8. The molecule has 0 spiro atoms. The van der Waals surface area contributed by atoms with Crippen molar-refractivity contribution in [3.63, 3.8) is 0 Å². The second kappa shape index (κ2) is 7.32. The van der Waals surface area contributed by atoms with E-state index in [0.717, 1.165) is 23.6 Å². The fourth-order valence-electron chi connectivity index (χ4n) is 2.33. The second-order valence-electron chi connectivity index (χ2n) is 5.14. The summed E-state index contributed by atoms with van der Waals surface area (Å²) in [7, 11) is 0. The van der Waals surface area contributed by atoms with E-state index in [1.807, 2.05) is 31.2 Å². The van der Waals surface area contributed by atoms with Crippen LogP contribution in [0.4, 0.5) is 0 Å². The van der Waals surface area contributed by atoms with Crippen LogP contribution >= 0.6 is 11.6 Å². The first kappa shape index (κ1) is 15.6. The van der Waals surface area contributed by atoms with Gasteiger partial charge in [0.05, 0.1) is 0 Å². The quantitative estimate of drug-likeness (QED) is 0.869. The molecule has 0 saturated heterocycles. The van der Waals surface area contributed by atoms with E-state index in [1.54, 1.807) is 12.1 Å². The minimum Gasteiger partial charge on any atom is -0.483 e. The fraction of sp³-hybridized carbons (Fsp3) is 0.353. The van der Waals surface area contributed by atoms with E-state index < -0.39 is 0 Å². The predicted molar refractivity (Wildman–Crippen MR) is 87.0 cm³/mol. The SMILES string of the molecule is CCC[C@H](C)NC(=O)COc1ccc(Cl)c2ccccc12. The van der Waals surface area contributed by atoms with Gasteiger partial charge in [-0.05, 0) is 25.5 Å². The molecule has 2 aromatic rings. The molecule has 0 heterocycles. The van der Waals surface area contributed by atoms with Crippen molar-refractivity contribution in [2.24, 2.45) is 0 Å². The molecule has 0 unspecified atom stereocenters. The zero-order chi connectivity index (χ0) is 15.2. The zero-order valence-electron chi connectivity index (χ0n) is 12.4. The van der Waals surface area contributed by atoms with Crippen molar-refractivity contribution in [3.05, 3.63) is 41.4 Å². The van der Waals surface area contributed by atoms with Crippen LogP contribution in [-0.2, 0) is 4.79 Å². The number of nitrogens with one attached hydrogen (secondary N) is 1. The van der Waals surface area contributed by atoms with Gasteiger partial charge in [-0.15, -0.1) is 0 Å². The second-order valence-corrected chi connectivity index (χ2v) is 5.54. The van der Waals surface area contributed by atoms with Gasteiger partial charge in [-0.1, -0.05) is 49.2 Å². The van der Waals surface area contributed by atoms with Crippen LogP contribution in [0.15, 0.2) is 36.4 Å². The van der Waals surface area contributed by atoms with Gasteiger partial charge in [-0.3, -0.25) is 4.79 Å². The van der Waals surface area contributed by atoms with Crippen molar-refractivity contribution in [2.75, 3.05) is 6.61 Å². The maximum Gasteiger partial charge on any atom is 0.258 e. The lowest BCUT2D eigenvalue weighted by Gasteiger charge is -2.14. The standard InChI is InChI=1S/C17H20ClNO2/c1-3-6-12(2)19-17(20)11-21-16-10-9-15(18)13-7-4-5-8-14(13)16/h4-5,7-10,12H,3,6,11H2,1-2H3,(H,19,20)/t12-/m0/s1. The van der Waals surface area contributed by atoms with Gasteiger partial charge in [0, 0.05) is 21.8 Å². The molecular formula is C17H20ClNO2. The lowest BCUT2D eigenvalue weighted by molar-refractivity contribution is -0.123. The summed E-state index contributed by atoms with van der Waals surface area (Å²) in [6.45, 7) is 4.11. The number of halogens is 1. The lowest BCUT2D eigenvalue weighted by Crippen LogP contribution is -2.35. The molecule has 0 radical (unpaired) electrons. The fourth-order valence-corrected chi connectivity index (χ4v) is 2.55. The average molecular weight is 306 g/mol. The maximum absolute atomic E-state index is 11.8. The molecule has 0 aliphatic heterocycles. The third kappa shape index (κ3) is 4.11. The van der Waals surface area contributed by atoms with E-state index in [2.05, 4.69) is 12.2 Å². The largest absolute Gasteiger partial charge is 0.483 e. The normalized spacial score (nSPS) is 12.1. The summed E-state index contributed by atoms with van der Waals surface area (Å²) in [4.78, 5) is 11.8. The van der Waals surface area contributed by atoms with Crippen LogP contribution in [0.1, 0.15) is 26.7 Å². The van der Waals surface area contributed by atoms with Gasteiger partial charge in [-0.2, -0.15) is 0 Å². The van der Waals surface area contributed by atoms with Gasteiger partial charge >= 0.3 is 0 Å². The van der Waals surface area contributed by atoms with E-state index in [9.17, 15) is 4.79 Å². The Bertz CT molecular complexity index is 627. The van der Waals surface area contributed by atoms with E-state index in [1.165, 1.54) is 0 Å². The van der Waals surface area contributed by atoms with Gasteiger partial charge in [0.2, 0.25) is 0 Å². The van der Waals surface area contributed by atoms with Crippen molar-refractivity contribution >= 4 is 28.3 Å². The smallest absolute Gasteiger partial charge is 0.258 e. The molecule has 1 amide bonds. The molecule has 0 fully saturated rings. The molecule has 0 saturated carbocycles. The van der Waals surface area contributed by atoms with Crippen LogP contribution in [-0.4, -0.2) is 18.6 Å². The molecule has 0 aliphatic rings. The summed E-state index contributed by atoms with van der Waals surface area (Å²) in [6.07, 6.45) is 2.01. The Morgan fingerprint density at radius 1 is 1.24 bits per heavy atom. The minimum absolute atomic E-state index is 0.0136. The monoisotopic (exact) mass is 305 g/mol. The molecule has 2 rings (SSSR count). The van der Waals surface area contributed by atoms with Crippen LogP contribution in [0.2, 0.25) is 5.02 Å². The molecule has 0 aliphatic carbocycles. The number of carbonyl (C=O) groups excluding carboxylic acids is 1. The topological polar surface area (TPSA) is 38.3 Å². The van der Waals surface area contributed by atoms with Gasteiger partial charge in [-0.25, -0.2) is 0 Å². The Kier molecular flexibility index (Phi) is 5.45. The minimum atomic E-state index is -0.102. The number of fused-ring (bicyclic) bond motifs is 1. The highest BCUT2D eigenvalue weighted by Gasteiger charge is 2.09. The summed E-state index contributed by atoms with van der Waals surface area (Å²) >= 11 is 6.16. The number of rotatable bonds is 6. The van der Waals surface area contributed by atoms with E-state index in [4.69, 9.17) is 16.3 Å². The highest BCUT2D eigenvalue weighted by atomic mass is 35.5. The average Bonchev–Trinajstić information content (AvgIpc) is 2.47. The Hall–Kier alpha value is -1.74. The van der Waals surface area contributed by atoms with Crippen molar-refractivity contribution < 1.29 is 9.53 Å². The number of carbonyl (C=O) groups is 1. The van der Waals surface area contributed by atoms with Crippen molar-refractivity contribution in [1.82, 2.24) is 5.32 Å². The molecule has 21 heavy (non-hydrogen) atoms. The molecule has 0 bridgehead atoms. The number of ether oxygens (including phenoxy) is 1. The Balaban J connectivity index is 2.04. The van der Waals surface area contributed by atoms with E-state index in [0.29, 0.717) is 10.8 Å². The number of benzene rings is 2. The highest BCUT2D eigenvalue weighted by Crippen LogP contribution is 2.31. The lowest BCUT2D eigenvalue weighted by atomic mass is 10.1. The Morgan fingerprint density at radius 2 is 1.95 bits per heavy atom. The highest BCUT2D eigenvalue weighted by molar-refractivity contribution is 6.35. The van der Waals surface area contributed by atoms with E-state index in [-0.39, 0.29) is 18.6 Å². The molecule has 3 nitrogen and oxygen atoms in total.